The Balaban J connectivity index is 2.22. The smallest absolute Gasteiger partial charge is 0.351 e. The highest BCUT2D eigenvalue weighted by atomic mass is 79.9. The maximum absolute atomic E-state index is 11.4. The van der Waals surface area contributed by atoms with Crippen LogP contribution in [0.3, 0.4) is 0 Å². The number of ether oxygens (including phenoxy) is 2. The monoisotopic (exact) mass is 376 g/mol. The zero-order valence-electron chi connectivity index (χ0n) is 10.6. The molecule has 8 heteroatoms. The first-order valence-electron chi connectivity index (χ1n) is 5.40. The Bertz CT molecular complexity index is 648. The lowest BCUT2D eigenvalue weighted by atomic mass is 10.3. The number of benzene rings is 1. The van der Waals surface area contributed by atoms with Crippen molar-refractivity contribution in [3.8, 4) is 5.75 Å². The number of esters is 1. The molecule has 2 aromatic rings. The summed E-state index contributed by atoms with van der Waals surface area (Å²) < 4.78 is 10.6. The maximum Gasteiger partial charge on any atom is 0.351 e. The molecule has 5 nitrogen and oxygen atoms in total. The van der Waals surface area contributed by atoms with E-state index in [2.05, 4.69) is 31.0 Å². The minimum atomic E-state index is -0.503. The minimum Gasteiger partial charge on any atom is -0.496 e. The van der Waals surface area contributed by atoms with Crippen molar-refractivity contribution in [2.75, 3.05) is 19.5 Å². The van der Waals surface area contributed by atoms with Crippen molar-refractivity contribution in [2.45, 2.75) is 0 Å². The Kier molecular flexibility index (Phi) is 4.85. The predicted molar refractivity (Wildman–Crippen MR) is 82.4 cm³/mol. The standard InChI is InChI=1S/C12H10BrClN2O3S/c1-18-8-4-3-6(5-7(8)13)15-12-16-10(14)9(20-12)11(17)19-2/h3-5H,1-2H3,(H,15,16). The van der Waals surface area contributed by atoms with Gasteiger partial charge in [-0.2, -0.15) is 0 Å². The fourth-order valence-electron chi connectivity index (χ4n) is 1.44. The summed E-state index contributed by atoms with van der Waals surface area (Å²) in [5.41, 5.74) is 0.791. The average molecular weight is 378 g/mol. The van der Waals surface area contributed by atoms with Crippen LogP contribution in [0.15, 0.2) is 22.7 Å². The van der Waals surface area contributed by atoms with Gasteiger partial charge in [-0.25, -0.2) is 9.78 Å². The van der Waals surface area contributed by atoms with E-state index in [9.17, 15) is 4.79 Å². The van der Waals surface area contributed by atoms with Gasteiger partial charge in [-0.05, 0) is 34.1 Å². The fourth-order valence-corrected chi connectivity index (χ4v) is 3.11. The molecule has 1 heterocycles. The Hall–Kier alpha value is -1.31. The van der Waals surface area contributed by atoms with Crippen LogP contribution in [0, 0.1) is 0 Å². The van der Waals surface area contributed by atoms with Crippen molar-refractivity contribution in [1.29, 1.82) is 0 Å². The van der Waals surface area contributed by atoms with Gasteiger partial charge < -0.3 is 14.8 Å². The lowest BCUT2D eigenvalue weighted by Gasteiger charge is -2.06. The van der Waals surface area contributed by atoms with Crippen LogP contribution in [0.1, 0.15) is 9.67 Å². The number of carbonyl (C=O) groups is 1. The Labute approximate surface area is 133 Å². The van der Waals surface area contributed by atoms with Crippen LogP contribution in [0.4, 0.5) is 10.8 Å². The van der Waals surface area contributed by atoms with Crippen molar-refractivity contribution in [3.63, 3.8) is 0 Å². The van der Waals surface area contributed by atoms with Crippen molar-refractivity contribution < 1.29 is 14.3 Å². The summed E-state index contributed by atoms with van der Waals surface area (Å²) in [6.45, 7) is 0. The Morgan fingerprint density at radius 2 is 2.20 bits per heavy atom. The van der Waals surface area contributed by atoms with Gasteiger partial charge in [-0.15, -0.1) is 0 Å². The number of methoxy groups -OCH3 is 2. The van der Waals surface area contributed by atoms with Crippen molar-refractivity contribution >= 4 is 55.7 Å². The maximum atomic E-state index is 11.4. The Morgan fingerprint density at radius 3 is 2.80 bits per heavy atom. The van der Waals surface area contributed by atoms with Gasteiger partial charge in [0.15, 0.2) is 15.2 Å². The second-order valence-electron chi connectivity index (χ2n) is 3.60. The summed E-state index contributed by atoms with van der Waals surface area (Å²) in [4.78, 5) is 15.8. The first-order chi connectivity index (χ1) is 9.55. The highest BCUT2D eigenvalue weighted by Gasteiger charge is 2.17. The quantitative estimate of drug-likeness (QED) is 0.813. The molecule has 1 N–H and O–H groups in total. The summed E-state index contributed by atoms with van der Waals surface area (Å²) in [5.74, 6) is 0.222. The highest BCUT2D eigenvalue weighted by molar-refractivity contribution is 9.10. The minimum absolute atomic E-state index is 0.122. The third kappa shape index (κ3) is 3.23. The second-order valence-corrected chi connectivity index (χ2v) is 5.82. The van der Waals surface area contributed by atoms with E-state index in [1.54, 1.807) is 7.11 Å². The molecule has 0 aliphatic rings. The molecule has 0 spiro atoms. The number of nitrogens with zero attached hydrogens (tertiary/aromatic N) is 1. The fraction of sp³-hybridized carbons (Fsp3) is 0.167. The molecule has 0 amide bonds. The molecule has 0 bridgehead atoms. The zero-order valence-corrected chi connectivity index (χ0v) is 13.7. The van der Waals surface area contributed by atoms with Gasteiger partial charge in [0, 0.05) is 5.69 Å². The number of rotatable bonds is 4. The third-order valence-electron chi connectivity index (χ3n) is 2.36. The van der Waals surface area contributed by atoms with E-state index in [1.165, 1.54) is 7.11 Å². The van der Waals surface area contributed by atoms with Gasteiger partial charge in [0.25, 0.3) is 0 Å². The Morgan fingerprint density at radius 1 is 1.45 bits per heavy atom. The van der Waals surface area contributed by atoms with Crippen LogP contribution in [-0.4, -0.2) is 25.2 Å². The number of anilines is 2. The number of halogens is 2. The number of thiazole rings is 1. The molecule has 0 radical (unpaired) electrons. The van der Waals surface area contributed by atoms with Crippen LogP contribution in [0.2, 0.25) is 5.15 Å². The molecule has 20 heavy (non-hydrogen) atoms. The first-order valence-corrected chi connectivity index (χ1v) is 7.39. The highest BCUT2D eigenvalue weighted by Crippen LogP contribution is 2.32. The number of hydrogen-bond donors (Lipinski definition) is 1. The van der Waals surface area contributed by atoms with Crippen LogP contribution in [-0.2, 0) is 4.74 Å². The summed E-state index contributed by atoms with van der Waals surface area (Å²) in [6.07, 6.45) is 0. The predicted octanol–water partition coefficient (Wildman–Crippen LogP) is 4.10. The van der Waals surface area contributed by atoms with Gasteiger partial charge in [-0.3, -0.25) is 0 Å². The van der Waals surface area contributed by atoms with E-state index in [4.69, 9.17) is 16.3 Å². The van der Waals surface area contributed by atoms with Crippen molar-refractivity contribution in [1.82, 2.24) is 4.98 Å². The molecule has 2 rings (SSSR count). The summed E-state index contributed by atoms with van der Waals surface area (Å²) in [6, 6.07) is 5.48. The number of aromatic nitrogens is 1. The van der Waals surface area contributed by atoms with Gasteiger partial charge >= 0.3 is 5.97 Å². The molecule has 0 fully saturated rings. The lowest BCUT2D eigenvalue weighted by Crippen LogP contribution is -1.98. The van der Waals surface area contributed by atoms with Crippen LogP contribution >= 0.6 is 38.9 Å². The summed E-state index contributed by atoms with van der Waals surface area (Å²) >= 11 is 10.4. The van der Waals surface area contributed by atoms with E-state index >= 15 is 0 Å². The van der Waals surface area contributed by atoms with Crippen molar-refractivity contribution in [3.05, 3.63) is 32.7 Å². The van der Waals surface area contributed by atoms with Crippen LogP contribution < -0.4 is 10.1 Å². The molecule has 106 valence electrons. The third-order valence-corrected chi connectivity index (χ3v) is 4.32. The number of hydrogen-bond acceptors (Lipinski definition) is 6. The zero-order chi connectivity index (χ0) is 14.7. The SMILES string of the molecule is COC(=O)c1sc(Nc2ccc(OC)c(Br)c2)nc1Cl. The molecule has 0 saturated carbocycles. The van der Waals surface area contributed by atoms with Crippen LogP contribution in [0.25, 0.3) is 0 Å². The molecular formula is C12H10BrClN2O3S. The molecular weight excluding hydrogens is 368 g/mol. The summed E-state index contributed by atoms with van der Waals surface area (Å²) in [7, 11) is 2.89. The van der Waals surface area contributed by atoms with E-state index in [0.717, 1.165) is 27.2 Å². The topological polar surface area (TPSA) is 60.5 Å². The van der Waals surface area contributed by atoms with Crippen LogP contribution in [0.5, 0.6) is 5.75 Å². The van der Waals surface area contributed by atoms with E-state index in [-0.39, 0.29) is 10.0 Å². The average Bonchev–Trinajstić information content (AvgIpc) is 2.79. The van der Waals surface area contributed by atoms with E-state index in [0.29, 0.717) is 5.13 Å². The largest absolute Gasteiger partial charge is 0.496 e. The van der Waals surface area contributed by atoms with E-state index < -0.39 is 5.97 Å². The normalized spacial score (nSPS) is 10.2. The molecule has 1 aromatic heterocycles. The van der Waals surface area contributed by atoms with Gasteiger partial charge in [-0.1, -0.05) is 22.9 Å². The van der Waals surface area contributed by atoms with Gasteiger partial charge in [0.1, 0.15) is 5.75 Å². The molecule has 0 saturated heterocycles. The van der Waals surface area contributed by atoms with Gasteiger partial charge in [0.05, 0.1) is 18.7 Å². The second kappa shape index (κ2) is 6.43. The number of nitrogens with one attached hydrogen (secondary N) is 1. The molecule has 0 atom stereocenters. The molecule has 0 unspecified atom stereocenters. The number of carbonyl (C=O) groups excluding carboxylic acids is 1. The van der Waals surface area contributed by atoms with Gasteiger partial charge in [0.2, 0.25) is 0 Å². The van der Waals surface area contributed by atoms with E-state index in [1.807, 2.05) is 18.2 Å². The first kappa shape index (κ1) is 15.1. The summed E-state index contributed by atoms with van der Waals surface area (Å²) in [5, 5.41) is 3.69. The molecule has 0 aliphatic heterocycles. The molecule has 0 aliphatic carbocycles. The van der Waals surface area contributed by atoms with Crippen molar-refractivity contribution in [2.24, 2.45) is 0 Å². The molecule has 1 aromatic carbocycles. The lowest BCUT2D eigenvalue weighted by molar-refractivity contribution is 0.0606.